The van der Waals surface area contributed by atoms with Crippen LogP contribution in [0.2, 0.25) is 0 Å². The standard InChI is InChI=1S/C11H16O.C6H7.2ClH.Ti/c1-8-5-9(11(2,3)4)7-10(12)6-8;1-6-4-2-3-5-6;;;/h5-7,12H,1-4H3;2,4H,3H2,1H3;2*1H;/q;-1;;;. The van der Waals surface area contributed by atoms with E-state index < -0.39 is 0 Å². The van der Waals surface area contributed by atoms with Crippen LogP contribution < -0.4 is 0 Å². The second-order valence-electron chi connectivity index (χ2n) is 5.77. The third-order valence-electron chi connectivity index (χ3n) is 2.79. The minimum absolute atomic E-state index is 0. The zero-order chi connectivity index (χ0) is 13.8. The first-order valence-electron chi connectivity index (χ1n) is 6.34. The van der Waals surface area contributed by atoms with Crippen LogP contribution in [0, 0.1) is 13.0 Å². The molecule has 2 rings (SSSR count). The molecule has 0 saturated heterocycles. The zero-order valence-corrected chi connectivity index (χ0v) is 16.6. The van der Waals surface area contributed by atoms with Crippen LogP contribution in [0.1, 0.15) is 45.2 Å². The molecule has 0 aliphatic heterocycles. The van der Waals surface area contributed by atoms with Crippen LogP contribution in [0.3, 0.4) is 0 Å². The van der Waals surface area contributed by atoms with Gasteiger partial charge in [0.05, 0.1) is 0 Å². The summed E-state index contributed by atoms with van der Waals surface area (Å²) in [6.45, 7) is 10.5. The molecule has 0 fully saturated rings. The maximum absolute atomic E-state index is 9.36. The van der Waals surface area contributed by atoms with Crippen molar-refractivity contribution in [2.24, 2.45) is 0 Å². The third kappa shape index (κ3) is 10.2. The first kappa shape index (κ1) is 25.7. The van der Waals surface area contributed by atoms with Gasteiger partial charge in [-0.15, -0.1) is 31.2 Å². The van der Waals surface area contributed by atoms with Crippen LogP contribution in [-0.2, 0) is 27.1 Å². The Morgan fingerprint density at radius 3 is 1.90 bits per heavy atom. The molecule has 1 aromatic carbocycles. The van der Waals surface area contributed by atoms with Crippen LogP contribution in [0.5, 0.6) is 5.75 Å². The second-order valence-corrected chi connectivity index (χ2v) is 5.77. The molecule has 0 heterocycles. The summed E-state index contributed by atoms with van der Waals surface area (Å²) < 4.78 is 0. The van der Waals surface area contributed by atoms with Crippen LogP contribution in [0.15, 0.2) is 35.9 Å². The average Bonchev–Trinajstić information content (AvgIpc) is 2.67. The molecule has 1 aliphatic rings. The number of rotatable bonds is 0. The Kier molecular flexibility index (Phi) is 13.9. The number of hydrogen-bond donors (Lipinski definition) is 1. The van der Waals surface area contributed by atoms with Gasteiger partial charge in [0, 0.05) is 21.7 Å². The van der Waals surface area contributed by atoms with Crippen LogP contribution >= 0.6 is 24.8 Å². The van der Waals surface area contributed by atoms with Crippen molar-refractivity contribution in [1.82, 2.24) is 0 Å². The van der Waals surface area contributed by atoms with Crippen molar-refractivity contribution < 1.29 is 26.8 Å². The molecule has 1 nitrogen and oxygen atoms in total. The maximum atomic E-state index is 9.36. The van der Waals surface area contributed by atoms with Gasteiger partial charge < -0.3 is 5.11 Å². The Morgan fingerprint density at radius 2 is 1.62 bits per heavy atom. The van der Waals surface area contributed by atoms with Crippen molar-refractivity contribution in [1.29, 1.82) is 0 Å². The summed E-state index contributed by atoms with van der Waals surface area (Å²) in [5.41, 5.74) is 3.68. The van der Waals surface area contributed by atoms with E-state index in [0.29, 0.717) is 5.75 Å². The third-order valence-corrected chi connectivity index (χ3v) is 2.79. The van der Waals surface area contributed by atoms with Crippen molar-refractivity contribution in [2.45, 2.75) is 46.5 Å². The summed E-state index contributed by atoms with van der Waals surface area (Å²) in [5.74, 6) is 0.361. The number of halogens is 2. The van der Waals surface area contributed by atoms with E-state index in [1.807, 2.05) is 13.0 Å². The van der Waals surface area contributed by atoms with E-state index in [4.69, 9.17) is 0 Å². The predicted octanol–water partition coefficient (Wildman–Crippen LogP) is 5.54. The summed E-state index contributed by atoms with van der Waals surface area (Å²) in [4.78, 5) is 0. The van der Waals surface area contributed by atoms with E-state index >= 15 is 0 Å². The molecule has 0 atom stereocenters. The van der Waals surface area contributed by atoms with Crippen molar-refractivity contribution >= 4 is 24.8 Å². The first-order valence-corrected chi connectivity index (χ1v) is 6.34. The molecule has 0 unspecified atom stereocenters. The topological polar surface area (TPSA) is 20.2 Å². The number of aryl methyl sites for hydroxylation is 1. The Bertz CT molecular complexity index is 451. The summed E-state index contributed by atoms with van der Waals surface area (Å²) in [7, 11) is 0. The van der Waals surface area contributed by atoms with E-state index in [0.717, 1.165) is 12.0 Å². The number of phenols is 1. The molecule has 1 N–H and O–H groups in total. The number of aromatic hydroxyl groups is 1. The average molecular weight is 364 g/mol. The number of benzene rings is 1. The summed E-state index contributed by atoms with van der Waals surface area (Å²) in [5, 5.41) is 9.36. The van der Waals surface area contributed by atoms with Gasteiger partial charge in [0.25, 0.3) is 0 Å². The van der Waals surface area contributed by atoms with Crippen LogP contribution in [0.25, 0.3) is 0 Å². The Labute approximate surface area is 156 Å². The summed E-state index contributed by atoms with van der Waals surface area (Å²) >= 11 is 0. The molecule has 0 amide bonds. The Balaban J connectivity index is -0.000000312. The van der Waals surface area contributed by atoms with Crippen LogP contribution in [0.4, 0.5) is 0 Å². The number of phenolic OH excluding ortho intramolecular Hbond substituents is 1. The zero-order valence-electron chi connectivity index (χ0n) is 13.4. The van der Waals surface area contributed by atoms with Crippen LogP contribution in [-0.4, -0.2) is 5.11 Å². The fraction of sp³-hybridized carbons (Fsp3) is 0.412. The molecular weight excluding hydrogens is 339 g/mol. The van der Waals surface area contributed by atoms with E-state index in [-0.39, 0.29) is 51.9 Å². The maximum Gasteiger partial charge on any atom is 0.116 e. The van der Waals surface area contributed by atoms with Crippen molar-refractivity contribution in [3.63, 3.8) is 0 Å². The molecule has 118 valence electrons. The van der Waals surface area contributed by atoms with Gasteiger partial charge in [-0.05, 0) is 35.6 Å². The van der Waals surface area contributed by atoms with E-state index in [9.17, 15) is 5.11 Å². The molecule has 1 aromatic rings. The SMILES string of the molecule is CC1=[C-]CC=C1.Cc1cc(O)cc(C(C)(C)C)c1.Cl.Cl.[Ti]. The van der Waals surface area contributed by atoms with Gasteiger partial charge in [0.2, 0.25) is 0 Å². The normalized spacial score (nSPS) is 12.0. The predicted molar refractivity (Wildman–Crippen MR) is 92.2 cm³/mol. The van der Waals surface area contributed by atoms with Gasteiger partial charge in [-0.3, -0.25) is 6.08 Å². The van der Waals surface area contributed by atoms with Gasteiger partial charge in [-0.1, -0.05) is 33.8 Å². The number of allylic oxidation sites excluding steroid dienone is 4. The monoisotopic (exact) mass is 363 g/mol. The molecule has 21 heavy (non-hydrogen) atoms. The molecule has 0 radical (unpaired) electrons. The van der Waals surface area contributed by atoms with Gasteiger partial charge >= 0.3 is 0 Å². The van der Waals surface area contributed by atoms with E-state index in [1.165, 1.54) is 11.1 Å². The molecule has 0 saturated carbocycles. The van der Waals surface area contributed by atoms with Gasteiger partial charge in [0.1, 0.15) is 5.75 Å². The minimum Gasteiger partial charge on any atom is -0.508 e. The first-order chi connectivity index (χ1) is 8.29. The smallest absolute Gasteiger partial charge is 0.116 e. The molecule has 0 bridgehead atoms. The number of hydrogen-bond acceptors (Lipinski definition) is 1. The molecule has 4 heteroatoms. The largest absolute Gasteiger partial charge is 0.508 e. The summed E-state index contributed by atoms with van der Waals surface area (Å²) in [6, 6.07) is 5.71. The fourth-order valence-corrected chi connectivity index (χ4v) is 1.71. The summed E-state index contributed by atoms with van der Waals surface area (Å²) in [6.07, 6.45) is 8.33. The van der Waals surface area contributed by atoms with E-state index in [1.54, 1.807) is 6.07 Å². The van der Waals surface area contributed by atoms with E-state index in [2.05, 4.69) is 52.0 Å². The second kappa shape index (κ2) is 11.4. The minimum atomic E-state index is 0. The van der Waals surface area contributed by atoms with Crippen molar-refractivity contribution in [3.05, 3.63) is 53.1 Å². The Hall–Kier alpha value is -0.206. The quantitative estimate of drug-likeness (QED) is 0.474. The van der Waals surface area contributed by atoms with Crippen molar-refractivity contribution in [3.8, 4) is 5.75 Å². The van der Waals surface area contributed by atoms with Gasteiger partial charge in [0.15, 0.2) is 0 Å². The van der Waals surface area contributed by atoms with Crippen molar-refractivity contribution in [2.75, 3.05) is 0 Å². The van der Waals surface area contributed by atoms with Gasteiger partial charge in [-0.2, -0.15) is 6.08 Å². The molecular formula is C17H25Cl2OTi-. The molecule has 1 aliphatic carbocycles. The van der Waals surface area contributed by atoms with Gasteiger partial charge in [-0.25, -0.2) is 11.6 Å². The molecule has 0 aromatic heterocycles. The molecule has 0 spiro atoms. The Morgan fingerprint density at radius 1 is 1.05 bits per heavy atom. The fourth-order valence-electron chi connectivity index (χ4n) is 1.71.